The van der Waals surface area contributed by atoms with Crippen LogP contribution in [0, 0.1) is 11.6 Å². The van der Waals surface area contributed by atoms with Crippen molar-refractivity contribution < 1.29 is 13.5 Å². The van der Waals surface area contributed by atoms with Crippen LogP contribution in [0.2, 0.25) is 0 Å². The van der Waals surface area contributed by atoms with Crippen molar-refractivity contribution in [3.63, 3.8) is 0 Å². The molecule has 0 unspecified atom stereocenters. The van der Waals surface area contributed by atoms with E-state index in [9.17, 15) is 8.78 Å². The first-order valence-corrected chi connectivity index (χ1v) is 5.21. The molecular formula is C11H14F2N2O. The SMILES string of the molecule is COc1cc(F)c(F)c(N2CCNCC2)c1. The van der Waals surface area contributed by atoms with Crippen LogP contribution in [0.3, 0.4) is 0 Å². The van der Waals surface area contributed by atoms with Crippen molar-refractivity contribution in [3.05, 3.63) is 23.8 Å². The number of hydrogen-bond acceptors (Lipinski definition) is 3. The van der Waals surface area contributed by atoms with E-state index in [2.05, 4.69) is 5.32 Å². The molecule has 3 nitrogen and oxygen atoms in total. The molecule has 0 saturated carbocycles. The third kappa shape index (κ3) is 2.09. The van der Waals surface area contributed by atoms with Crippen molar-refractivity contribution in [2.24, 2.45) is 0 Å². The van der Waals surface area contributed by atoms with Gasteiger partial charge in [-0.25, -0.2) is 8.78 Å². The van der Waals surface area contributed by atoms with Gasteiger partial charge < -0.3 is 15.0 Å². The summed E-state index contributed by atoms with van der Waals surface area (Å²) < 4.78 is 31.8. The average molecular weight is 228 g/mol. The Morgan fingerprint density at radius 3 is 2.56 bits per heavy atom. The lowest BCUT2D eigenvalue weighted by Gasteiger charge is -2.29. The number of rotatable bonds is 2. The number of halogens is 2. The van der Waals surface area contributed by atoms with Crippen LogP contribution in [0.1, 0.15) is 0 Å². The molecule has 5 heteroatoms. The number of anilines is 1. The van der Waals surface area contributed by atoms with E-state index >= 15 is 0 Å². The first kappa shape index (κ1) is 11.1. The van der Waals surface area contributed by atoms with Gasteiger partial charge in [0.15, 0.2) is 11.6 Å². The van der Waals surface area contributed by atoms with Gasteiger partial charge in [-0.15, -0.1) is 0 Å². The van der Waals surface area contributed by atoms with Gasteiger partial charge in [0, 0.05) is 38.3 Å². The number of nitrogens with one attached hydrogen (secondary N) is 1. The molecule has 88 valence electrons. The molecular weight excluding hydrogens is 214 g/mol. The van der Waals surface area contributed by atoms with Crippen molar-refractivity contribution in [1.82, 2.24) is 5.32 Å². The molecule has 0 atom stereocenters. The molecule has 1 N–H and O–H groups in total. The quantitative estimate of drug-likeness (QED) is 0.827. The van der Waals surface area contributed by atoms with E-state index in [0.717, 1.165) is 19.2 Å². The molecule has 0 aliphatic carbocycles. The minimum atomic E-state index is -0.868. The first-order valence-electron chi connectivity index (χ1n) is 5.21. The van der Waals surface area contributed by atoms with Crippen LogP contribution >= 0.6 is 0 Å². The van der Waals surface area contributed by atoms with Gasteiger partial charge in [0.2, 0.25) is 0 Å². The standard InChI is InChI=1S/C11H14F2N2O/c1-16-8-6-9(12)11(13)10(7-8)15-4-2-14-3-5-15/h6-7,14H,2-5H2,1H3. The maximum atomic E-state index is 13.6. The summed E-state index contributed by atoms with van der Waals surface area (Å²) in [4.78, 5) is 1.82. The van der Waals surface area contributed by atoms with Gasteiger partial charge in [-0.2, -0.15) is 0 Å². The van der Waals surface area contributed by atoms with Gasteiger partial charge in [-0.3, -0.25) is 0 Å². The number of piperazine rings is 1. The molecule has 0 amide bonds. The highest BCUT2D eigenvalue weighted by Crippen LogP contribution is 2.27. The van der Waals surface area contributed by atoms with Crippen molar-refractivity contribution in [1.29, 1.82) is 0 Å². The minimum Gasteiger partial charge on any atom is -0.497 e. The van der Waals surface area contributed by atoms with E-state index in [1.54, 1.807) is 0 Å². The van der Waals surface area contributed by atoms with Gasteiger partial charge in [-0.05, 0) is 0 Å². The van der Waals surface area contributed by atoms with E-state index in [1.807, 2.05) is 4.90 Å². The molecule has 1 aromatic carbocycles. The van der Waals surface area contributed by atoms with Gasteiger partial charge in [0.1, 0.15) is 5.75 Å². The second-order valence-electron chi connectivity index (χ2n) is 3.68. The van der Waals surface area contributed by atoms with Crippen LogP contribution in [0.4, 0.5) is 14.5 Å². The van der Waals surface area contributed by atoms with Gasteiger partial charge in [0.25, 0.3) is 0 Å². The van der Waals surface area contributed by atoms with E-state index in [1.165, 1.54) is 13.2 Å². The Bertz CT molecular complexity index is 378. The zero-order chi connectivity index (χ0) is 11.5. The zero-order valence-electron chi connectivity index (χ0n) is 9.09. The van der Waals surface area contributed by atoms with Crippen LogP contribution < -0.4 is 15.0 Å². The summed E-state index contributed by atoms with van der Waals surface area (Å²) in [5, 5.41) is 3.16. The topological polar surface area (TPSA) is 24.5 Å². The molecule has 0 radical (unpaired) electrons. The largest absolute Gasteiger partial charge is 0.497 e. The van der Waals surface area contributed by atoms with Crippen molar-refractivity contribution in [2.45, 2.75) is 0 Å². The summed E-state index contributed by atoms with van der Waals surface area (Å²) in [5.74, 6) is -1.33. The third-order valence-corrected chi connectivity index (χ3v) is 2.68. The summed E-state index contributed by atoms with van der Waals surface area (Å²) in [6.45, 7) is 2.89. The highest BCUT2D eigenvalue weighted by atomic mass is 19.2. The predicted octanol–water partition coefficient (Wildman–Crippen LogP) is 1.38. The molecule has 0 bridgehead atoms. The van der Waals surface area contributed by atoms with Crippen molar-refractivity contribution >= 4 is 5.69 Å². The van der Waals surface area contributed by atoms with Crippen molar-refractivity contribution in [2.75, 3.05) is 38.2 Å². The minimum absolute atomic E-state index is 0.276. The summed E-state index contributed by atoms with van der Waals surface area (Å²) >= 11 is 0. The molecule has 0 aromatic heterocycles. The molecule has 1 fully saturated rings. The zero-order valence-corrected chi connectivity index (χ0v) is 9.09. The van der Waals surface area contributed by atoms with E-state index < -0.39 is 11.6 Å². The summed E-state index contributed by atoms with van der Waals surface area (Å²) in [6.07, 6.45) is 0. The molecule has 1 aliphatic heterocycles. The van der Waals surface area contributed by atoms with Crippen molar-refractivity contribution in [3.8, 4) is 5.75 Å². The lowest BCUT2D eigenvalue weighted by molar-refractivity contribution is 0.406. The number of benzene rings is 1. The average Bonchev–Trinajstić information content (AvgIpc) is 2.33. The molecule has 2 rings (SSSR count). The van der Waals surface area contributed by atoms with Crippen LogP contribution in [0.25, 0.3) is 0 Å². The maximum absolute atomic E-state index is 13.6. The van der Waals surface area contributed by atoms with Gasteiger partial charge in [0.05, 0.1) is 12.8 Å². The fourth-order valence-corrected chi connectivity index (χ4v) is 1.80. The monoisotopic (exact) mass is 228 g/mol. The molecule has 1 aromatic rings. The smallest absolute Gasteiger partial charge is 0.182 e. The molecule has 1 aliphatic rings. The predicted molar refractivity (Wildman–Crippen MR) is 58.0 cm³/mol. The number of methoxy groups -OCH3 is 1. The highest BCUT2D eigenvalue weighted by molar-refractivity contribution is 5.53. The Balaban J connectivity index is 2.33. The number of hydrogen-bond donors (Lipinski definition) is 1. The summed E-state index contributed by atoms with van der Waals surface area (Å²) in [7, 11) is 1.44. The summed E-state index contributed by atoms with van der Waals surface area (Å²) in [6, 6.07) is 2.59. The lowest BCUT2D eigenvalue weighted by Crippen LogP contribution is -2.44. The Hall–Kier alpha value is -1.36. The Labute approximate surface area is 93.0 Å². The second kappa shape index (κ2) is 4.65. The third-order valence-electron chi connectivity index (χ3n) is 2.68. The fraction of sp³-hybridized carbons (Fsp3) is 0.455. The fourth-order valence-electron chi connectivity index (χ4n) is 1.80. The van der Waals surface area contributed by atoms with E-state index in [0.29, 0.717) is 18.8 Å². The Morgan fingerprint density at radius 1 is 1.25 bits per heavy atom. The molecule has 1 saturated heterocycles. The maximum Gasteiger partial charge on any atom is 0.182 e. The van der Waals surface area contributed by atoms with Gasteiger partial charge >= 0.3 is 0 Å². The van der Waals surface area contributed by atoms with Gasteiger partial charge in [-0.1, -0.05) is 0 Å². The van der Waals surface area contributed by atoms with Crippen LogP contribution in [-0.4, -0.2) is 33.3 Å². The van der Waals surface area contributed by atoms with Crippen LogP contribution in [0.5, 0.6) is 5.75 Å². The highest BCUT2D eigenvalue weighted by Gasteiger charge is 2.18. The van der Waals surface area contributed by atoms with E-state index in [4.69, 9.17) is 4.74 Å². The summed E-state index contributed by atoms with van der Waals surface area (Å²) in [5.41, 5.74) is 0.276. The second-order valence-corrected chi connectivity index (χ2v) is 3.68. The molecule has 1 heterocycles. The number of ether oxygens (including phenoxy) is 1. The van der Waals surface area contributed by atoms with Crippen LogP contribution in [-0.2, 0) is 0 Å². The lowest BCUT2D eigenvalue weighted by atomic mass is 10.2. The number of nitrogens with zero attached hydrogens (tertiary/aromatic N) is 1. The first-order chi connectivity index (χ1) is 7.72. The molecule has 0 spiro atoms. The van der Waals surface area contributed by atoms with Crippen LogP contribution in [0.15, 0.2) is 12.1 Å². The Kier molecular flexibility index (Phi) is 3.24. The molecule has 16 heavy (non-hydrogen) atoms. The van der Waals surface area contributed by atoms with E-state index in [-0.39, 0.29) is 5.69 Å². The normalized spacial score (nSPS) is 16.3. The Morgan fingerprint density at radius 2 is 1.94 bits per heavy atom.